The molecular formula is C12H24N2O2. The summed E-state index contributed by atoms with van der Waals surface area (Å²) in [6, 6.07) is 0. The normalized spacial score (nSPS) is 26.9. The highest BCUT2D eigenvalue weighted by molar-refractivity contribution is 5.80. The fraction of sp³-hybridized carbons (Fsp3) is 0.917. The molecule has 4 nitrogen and oxygen atoms in total. The van der Waals surface area contributed by atoms with Crippen molar-refractivity contribution in [2.24, 2.45) is 11.8 Å². The van der Waals surface area contributed by atoms with Gasteiger partial charge in [0.1, 0.15) is 0 Å². The first-order chi connectivity index (χ1) is 7.15. The van der Waals surface area contributed by atoms with E-state index >= 15 is 0 Å². The fourth-order valence-electron chi connectivity index (χ4n) is 1.71. The first-order valence-electron chi connectivity index (χ1n) is 5.90. The third kappa shape index (κ3) is 2.74. The first kappa shape index (κ1) is 13.5. The monoisotopic (exact) mass is 228 g/mol. The number of carbonyl (C=O) groups excluding carboxylic acids is 1. The van der Waals surface area contributed by atoms with Gasteiger partial charge >= 0.3 is 0 Å². The molecule has 94 valence electrons. The number of amides is 1. The molecule has 1 rings (SSSR count). The number of rotatable bonds is 3. The molecule has 0 aliphatic carbocycles. The molecule has 1 amide bonds. The predicted molar refractivity (Wildman–Crippen MR) is 64.0 cm³/mol. The van der Waals surface area contributed by atoms with Crippen LogP contribution < -0.4 is 10.6 Å². The standard InChI is InChI=1S/C12H24N2O2/c1-8-6-13-7-9(8)10(15)14-11(2,3)12(4,5)16/h8-9,13,16H,6-7H2,1-5H3,(H,14,15)/t8-,9-/m1/s1. The summed E-state index contributed by atoms with van der Waals surface area (Å²) in [5.74, 6) is 0.406. The van der Waals surface area contributed by atoms with E-state index in [-0.39, 0.29) is 11.8 Å². The fourth-order valence-corrected chi connectivity index (χ4v) is 1.71. The van der Waals surface area contributed by atoms with Crippen LogP contribution in [0.25, 0.3) is 0 Å². The molecule has 0 bridgehead atoms. The molecule has 0 aromatic rings. The molecule has 1 fully saturated rings. The Morgan fingerprint density at radius 3 is 2.25 bits per heavy atom. The number of carbonyl (C=O) groups is 1. The maximum Gasteiger partial charge on any atom is 0.225 e. The van der Waals surface area contributed by atoms with Crippen molar-refractivity contribution in [1.82, 2.24) is 10.6 Å². The molecule has 16 heavy (non-hydrogen) atoms. The third-order valence-corrected chi connectivity index (χ3v) is 3.82. The Balaban J connectivity index is 2.64. The van der Waals surface area contributed by atoms with Gasteiger partial charge in [-0.05, 0) is 40.2 Å². The largest absolute Gasteiger partial charge is 0.388 e. The molecule has 0 aromatic carbocycles. The van der Waals surface area contributed by atoms with Crippen LogP contribution in [0.1, 0.15) is 34.6 Å². The maximum atomic E-state index is 12.1. The van der Waals surface area contributed by atoms with E-state index in [1.54, 1.807) is 13.8 Å². The molecule has 0 aromatic heterocycles. The van der Waals surface area contributed by atoms with Gasteiger partial charge in [0, 0.05) is 6.54 Å². The minimum Gasteiger partial charge on any atom is -0.388 e. The van der Waals surface area contributed by atoms with Crippen LogP contribution >= 0.6 is 0 Å². The number of hydrogen-bond donors (Lipinski definition) is 3. The van der Waals surface area contributed by atoms with Gasteiger partial charge in [-0.2, -0.15) is 0 Å². The molecule has 4 heteroatoms. The van der Waals surface area contributed by atoms with Crippen LogP contribution in [0.15, 0.2) is 0 Å². The Morgan fingerprint density at radius 2 is 1.88 bits per heavy atom. The second-order valence-corrected chi connectivity index (χ2v) is 5.92. The number of aliphatic hydroxyl groups is 1. The van der Waals surface area contributed by atoms with Gasteiger partial charge in [-0.1, -0.05) is 6.92 Å². The summed E-state index contributed by atoms with van der Waals surface area (Å²) in [4.78, 5) is 12.1. The van der Waals surface area contributed by atoms with Crippen molar-refractivity contribution in [2.75, 3.05) is 13.1 Å². The van der Waals surface area contributed by atoms with E-state index in [1.807, 2.05) is 13.8 Å². The Morgan fingerprint density at radius 1 is 1.31 bits per heavy atom. The topological polar surface area (TPSA) is 61.4 Å². The average Bonchev–Trinajstić information content (AvgIpc) is 2.48. The lowest BCUT2D eigenvalue weighted by Gasteiger charge is -2.38. The maximum absolute atomic E-state index is 12.1. The van der Waals surface area contributed by atoms with Crippen LogP contribution in [0.5, 0.6) is 0 Å². The van der Waals surface area contributed by atoms with E-state index < -0.39 is 11.1 Å². The summed E-state index contributed by atoms with van der Waals surface area (Å²) in [5.41, 5.74) is -1.55. The molecule has 1 aliphatic heterocycles. The molecule has 1 saturated heterocycles. The lowest BCUT2D eigenvalue weighted by molar-refractivity contribution is -0.130. The molecule has 0 spiro atoms. The number of hydrogen-bond acceptors (Lipinski definition) is 3. The van der Waals surface area contributed by atoms with Crippen molar-refractivity contribution in [2.45, 2.75) is 45.8 Å². The lowest BCUT2D eigenvalue weighted by Crippen LogP contribution is -2.59. The zero-order valence-electron chi connectivity index (χ0n) is 10.9. The van der Waals surface area contributed by atoms with Crippen LogP contribution in [-0.2, 0) is 4.79 Å². The highest BCUT2D eigenvalue weighted by Gasteiger charge is 2.39. The van der Waals surface area contributed by atoms with Gasteiger partial charge in [0.15, 0.2) is 0 Å². The quantitative estimate of drug-likeness (QED) is 0.659. The van der Waals surface area contributed by atoms with E-state index in [0.717, 1.165) is 13.1 Å². The van der Waals surface area contributed by atoms with Crippen LogP contribution in [-0.4, -0.2) is 35.2 Å². The Bertz CT molecular complexity index is 269. The van der Waals surface area contributed by atoms with Crippen LogP contribution in [0.2, 0.25) is 0 Å². The Hall–Kier alpha value is -0.610. The van der Waals surface area contributed by atoms with Crippen LogP contribution in [0.3, 0.4) is 0 Å². The second-order valence-electron chi connectivity index (χ2n) is 5.92. The summed E-state index contributed by atoms with van der Waals surface area (Å²) in [6.07, 6.45) is 0. The van der Waals surface area contributed by atoms with Crippen LogP contribution in [0, 0.1) is 11.8 Å². The molecule has 1 heterocycles. The molecule has 0 radical (unpaired) electrons. The zero-order valence-corrected chi connectivity index (χ0v) is 10.9. The minimum atomic E-state index is -0.933. The molecule has 0 saturated carbocycles. The summed E-state index contributed by atoms with van der Waals surface area (Å²) in [5, 5.41) is 16.1. The second kappa shape index (κ2) is 4.34. The highest BCUT2D eigenvalue weighted by Crippen LogP contribution is 2.23. The van der Waals surface area contributed by atoms with E-state index in [4.69, 9.17) is 0 Å². The summed E-state index contributed by atoms with van der Waals surface area (Å²) >= 11 is 0. The van der Waals surface area contributed by atoms with Crippen molar-refractivity contribution in [3.05, 3.63) is 0 Å². The highest BCUT2D eigenvalue weighted by atomic mass is 16.3. The van der Waals surface area contributed by atoms with E-state index in [0.29, 0.717) is 5.92 Å². The van der Waals surface area contributed by atoms with Gasteiger partial charge in [0.25, 0.3) is 0 Å². The molecule has 3 N–H and O–H groups in total. The van der Waals surface area contributed by atoms with Crippen molar-refractivity contribution < 1.29 is 9.90 Å². The molecule has 1 aliphatic rings. The number of nitrogens with one attached hydrogen (secondary N) is 2. The Kier molecular flexibility index (Phi) is 3.65. The third-order valence-electron chi connectivity index (χ3n) is 3.82. The summed E-state index contributed by atoms with van der Waals surface area (Å²) in [6.45, 7) is 10.8. The molecular weight excluding hydrogens is 204 g/mol. The van der Waals surface area contributed by atoms with Gasteiger partial charge < -0.3 is 15.7 Å². The van der Waals surface area contributed by atoms with E-state index in [2.05, 4.69) is 17.6 Å². The van der Waals surface area contributed by atoms with E-state index in [1.165, 1.54) is 0 Å². The van der Waals surface area contributed by atoms with Crippen molar-refractivity contribution >= 4 is 5.91 Å². The van der Waals surface area contributed by atoms with Gasteiger partial charge in [-0.15, -0.1) is 0 Å². The van der Waals surface area contributed by atoms with Gasteiger partial charge in [0.05, 0.1) is 17.1 Å². The van der Waals surface area contributed by atoms with Gasteiger partial charge in [-0.3, -0.25) is 4.79 Å². The summed E-state index contributed by atoms with van der Waals surface area (Å²) < 4.78 is 0. The van der Waals surface area contributed by atoms with Crippen molar-refractivity contribution in [1.29, 1.82) is 0 Å². The van der Waals surface area contributed by atoms with Gasteiger partial charge in [-0.25, -0.2) is 0 Å². The molecule has 0 unspecified atom stereocenters. The molecule has 2 atom stereocenters. The SMILES string of the molecule is C[C@@H]1CNC[C@H]1C(=O)NC(C)(C)C(C)(C)O. The van der Waals surface area contributed by atoms with Crippen molar-refractivity contribution in [3.63, 3.8) is 0 Å². The van der Waals surface area contributed by atoms with Crippen molar-refractivity contribution in [3.8, 4) is 0 Å². The average molecular weight is 228 g/mol. The minimum absolute atomic E-state index is 0.0154. The summed E-state index contributed by atoms with van der Waals surface area (Å²) in [7, 11) is 0. The predicted octanol–water partition coefficient (Wildman–Crippen LogP) is 0.508. The Labute approximate surface area is 97.8 Å². The lowest BCUT2D eigenvalue weighted by atomic mass is 9.85. The first-order valence-corrected chi connectivity index (χ1v) is 5.90. The smallest absolute Gasteiger partial charge is 0.225 e. The van der Waals surface area contributed by atoms with Gasteiger partial charge in [0.2, 0.25) is 5.91 Å². The van der Waals surface area contributed by atoms with E-state index in [9.17, 15) is 9.90 Å². The zero-order chi connectivity index (χ0) is 12.6. The van der Waals surface area contributed by atoms with Crippen LogP contribution in [0.4, 0.5) is 0 Å².